The zero-order valence-corrected chi connectivity index (χ0v) is 9.29. The van der Waals surface area contributed by atoms with Gasteiger partial charge in [-0.3, -0.25) is 20.2 Å². The van der Waals surface area contributed by atoms with Crippen molar-refractivity contribution < 1.29 is 15.2 Å². The first-order chi connectivity index (χ1) is 7.50. The second-order valence-corrected chi connectivity index (χ2v) is 3.59. The Labute approximate surface area is 93.7 Å². The van der Waals surface area contributed by atoms with Crippen molar-refractivity contribution in [1.29, 1.82) is 0 Å². The Balaban J connectivity index is 2.53. The van der Waals surface area contributed by atoms with Crippen LogP contribution in [0.1, 0.15) is 12.1 Å². The molecular weight excluding hydrogens is 210 g/mol. The second kappa shape index (κ2) is 5.43. The first kappa shape index (κ1) is 12.4. The highest BCUT2D eigenvalue weighted by Gasteiger charge is 2.05. The molecule has 0 spiro atoms. The fraction of sp³-hybridized carbons (Fsp3) is 0.400. The molecule has 1 heterocycles. The molecular formula is C10H15N3O3. The van der Waals surface area contributed by atoms with E-state index in [-0.39, 0.29) is 16.8 Å². The van der Waals surface area contributed by atoms with E-state index < -0.39 is 0 Å². The van der Waals surface area contributed by atoms with E-state index in [1.807, 2.05) is 0 Å². The van der Waals surface area contributed by atoms with E-state index in [9.17, 15) is 4.79 Å². The molecule has 0 aliphatic rings. The predicted molar refractivity (Wildman–Crippen MR) is 57.3 cm³/mol. The van der Waals surface area contributed by atoms with Gasteiger partial charge in [0.25, 0.3) is 0 Å². The van der Waals surface area contributed by atoms with Crippen LogP contribution in [0.2, 0.25) is 0 Å². The smallest absolute Gasteiger partial charge is 0.222 e. The first-order valence-electron chi connectivity index (χ1n) is 4.83. The summed E-state index contributed by atoms with van der Waals surface area (Å²) in [6.45, 7) is 0. The van der Waals surface area contributed by atoms with Crippen LogP contribution in [-0.4, -0.2) is 40.3 Å². The van der Waals surface area contributed by atoms with Gasteiger partial charge in [-0.15, -0.1) is 5.23 Å². The number of hydrogen-bond acceptors (Lipinski definition) is 5. The van der Waals surface area contributed by atoms with Gasteiger partial charge in [0.15, 0.2) is 0 Å². The summed E-state index contributed by atoms with van der Waals surface area (Å²) in [5.74, 6) is 0.0387. The van der Waals surface area contributed by atoms with E-state index in [2.05, 4.69) is 4.98 Å². The van der Waals surface area contributed by atoms with E-state index in [0.29, 0.717) is 12.8 Å². The van der Waals surface area contributed by atoms with E-state index in [1.54, 1.807) is 20.2 Å². The number of carbonyl (C=O) groups excluding carboxylic acids is 1. The number of rotatable bonds is 4. The highest BCUT2D eigenvalue weighted by molar-refractivity contribution is 5.75. The molecule has 0 unspecified atom stereocenters. The highest BCUT2D eigenvalue weighted by atomic mass is 16.8. The minimum Gasteiger partial charge on any atom is -0.349 e. The Hall–Kier alpha value is -1.66. The van der Waals surface area contributed by atoms with Gasteiger partial charge in [0.1, 0.15) is 5.69 Å². The van der Waals surface area contributed by atoms with Crippen LogP contribution in [-0.2, 0) is 11.2 Å². The molecule has 1 aromatic heterocycles. The van der Waals surface area contributed by atoms with Crippen molar-refractivity contribution in [3.05, 3.63) is 24.0 Å². The average Bonchev–Trinajstić information content (AvgIpc) is 2.26. The number of amides is 1. The van der Waals surface area contributed by atoms with Gasteiger partial charge in [-0.25, -0.2) is 0 Å². The van der Waals surface area contributed by atoms with Crippen molar-refractivity contribution >= 4 is 11.6 Å². The van der Waals surface area contributed by atoms with Gasteiger partial charge in [0.05, 0.1) is 6.20 Å². The SMILES string of the molecule is CN(C)C(=O)CCc1ccc(N(O)O)cn1. The maximum Gasteiger partial charge on any atom is 0.222 e. The summed E-state index contributed by atoms with van der Waals surface area (Å²) in [4.78, 5) is 16.8. The van der Waals surface area contributed by atoms with Crippen molar-refractivity contribution in [1.82, 2.24) is 9.88 Å². The van der Waals surface area contributed by atoms with Gasteiger partial charge in [0.2, 0.25) is 5.91 Å². The molecule has 0 fully saturated rings. The molecule has 6 nitrogen and oxygen atoms in total. The Morgan fingerprint density at radius 2 is 2.06 bits per heavy atom. The predicted octanol–water partition coefficient (Wildman–Crippen LogP) is 0.687. The van der Waals surface area contributed by atoms with E-state index in [4.69, 9.17) is 10.4 Å². The second-order valence-electron chi connectivity index (χ2n) is 3.59. The minimum absolute atomic E-state index is 0.00174. The molecule has 0 saturated carbocycles. The lowest BCUT2D eigenvalue weighted by Crippen LogP contribution is -2.22. The molecule has 88 valence electrons. The van der Waals surface area contributed by atoms with Crippen LogP contribution in [0.4, 0.5) is 5.69 Å². The molecule has 0 aliphatic heterocycles. The Bertz CT molecular complexity index is 349. The van der Waals surface area contributed by atoms with Crippen LogP contribution in [0.25, 0.3) is 0 Å². The standard InChI is InChI=1S/C10H15N3O3/c1-12(2)10(14)6-4-8-3-5-9(7-11-8)13(15)16/h3,5,7,15-16H,4,6H2,1-2H3. The monoisotopic (exact) mass is 225 g/mol. The number of anilines is 1. The molecule has 0 saturated heterocycles. The van der Waals surface area contributed by atoms with E-state index >= 15 is 0 Å². The largest absolute Gasteiger partial charge is 0.349 e. The molecule has 0 bridgehead atoms. The zero-order valence-electron chi connectivity index (χ0n) is 9.29. The van der Waals surface area contributed by atoms with Gasteiger partial charge in [-0.1, -0.05) is 0 Å². The number of aromatic nitrogens is 1. The van der Waals surface area contributed by atoms with Gasteiger partial charge in [0, 0.05) is 26.2 Å². The number of nitrogens with zero attached hydrogens (tertiary/aromatic N) is 3. The third-order valence-corrected chi connectivity index (χ3v) is 2.13. The Kier molecular flexibility index (Phi) is 4.21. The molecule has 6 heteroatoms. The zero-order chi connectivity index (χ0) is 12.1. The molecule has 2 N–H and O–H groups in total. The molecule has 1 aromatic rings. The maximum atomic E-state index is 11.3. The number of carbonyl (C=O) groups is 1. The normalized spacial score (nSPS) is 10.0. The van der Waals surface area contributed by atoms with Gasteiger partial charge in [-0.05, 0) is 18.6 Å². The van der Waals surface area contributed by atoms with Crippen molar-refractivity contribution in [2.45, 2.75) is 12.8 Å². The Morgan fingerprint density at radius 1 is 1.38 bits per heavy atom. The maximum absolute atomic E-state index is 11.3. The highest BCUT2D eigenvalue weighted by Crippen LogP contribution is 2.10. The summed E-state index contributed by atoms with van der Waals surface area (Å²) in [5.41, 5.74) is 0.920. The lowest BCUT2D eigenvalue weighted by Gasteiger charge is -2.10. The molecule has 1 amide bonds. The van der Waals surface area contributed by atoms with E-state index in [1.165, 1.54) is 17.2 Å². The molecule has 0 aromatic carbocycles. The Morgan fingerprint density at radius 3 is 2.50 bits per heavy atom. The summed E-state index contributed by atoms with van der Waals surface area (Å²) in [5, 5.41) is 17.4. The average molecular weight is 225 g/mol. The van der Waals surface area contributed by atoms with Crippen molar-refractivity contribution in [2.24, 2.45) is 0 Å². The summed E-state index contributed by atoms with van der Waals surface area (Å²) < 4.78 is 0. The molecule has 0 radical (unpaired) electrons. The summed E-state index contributed by atoms with van der Waals surface area (Å²) >= 11 is 0. The topological polar surface area (TPSA) is 76.9 Å². The number of aryl methyl sites for hydroxylation is 1. The molecule has 0 atom stereocenters. The van der Waals surface area contributed by atoms with Crippen LogP contribution < -0.4 is 5.23 Å². The third-order valence-electron chi connectivity index (χ3n) is 2.13. The summed E-state index contributed by atoms with van der Waals surface area (Å²) in [6.07, 6.45) is 2.25. The van der Waals surface area contributed by atoms with Gasteiger partial charge in [-0.2, -0.15) is 0 Å². The van der Waals surface area contributed by atoms with Crippen LogP contribution >= 0.6 is 0 Å². The van der Waals surface area contributed by atoms with Crippen molar-refractivity contribution in [2.75, 3.05) is 19.3 Å². The van der Waals surface area contributed by atoms with Crippen molar-refractivity contribution in [3.63, 3.8) is 0 Å². The minimum atomic E-state index is 0.00174. The molecule has 0 aliphatic carbocycles. The van der Waals surface area contributed by atoms with Crippen molar-refractivity contribution in [3.8, 4) is 0 Å². The molecule has 1 rings (SSSR count). The van der Waals surface area contributed by atoms with Crippen LogP contribution in [0.15, 0.2) is 18.3 Å². The van der Waals surface area contributed by atoms with Crippen LogP contribution in [0.5, 0.6) is 0 Å². The molecule has 16 heavy (non-hydrogen) atoms. The van der Waals surface area contributed by atoms with Crippen LogP contribution in [0, 0.1) is 0 Å². The fourth-order valence-corrected chi connectivity index (χ4v) is 1.14. The quantitative estimate of drug-likeness (QED) is 0.737. The van der Waals surface area contributed by atoms with Crippen LogP contribution in [0.3, 0.4) is 0 Å². The lowest BCUT2D eigenvalue weighted by atomic mass is 10.2. The van der Waals surface area contributed by atoms with Gasteiger partial charge >= 0.3 is 0 Å². The third kappa shape index (κ3) is 3.48. The fourth-order valence-electron chi connectivity index (χ4n) is 1.14. The number of hydrogen-bond donors (Lipinski definition) is 2. The van der Waals surface area contributed by atoms with E-state index in [0.717, 1.165) is 5.69 Å². The number of pyridine rings is 1. The lowest BCUT2D eigenvalue weighted by molar-refractivity contribution is -0.128. The van der Waals surface area contributed by atoms with Gasteiger partial charge < -0.3 is 4.90 Å². The summed E-state index contributed by atoms with van der Waals surface area (Å²) in [7, 11) is 3.41. The summed E-state index contributed by atoms with van der Waals surface area (Å²) in [6, 6.07) is 3.17. The first-order valence-corrected chi connectivity index (χ1v) is 4.83.